The molecule has 0 heterocycles. The number of rotatable bonds is 5. The molecule has 0 amide bonds. The maximum absolute atomic E-state index is 12.6. The van der Waals surface area contributed by atoms with Crippen LogP contribution in [0.5, 0.6) is 0 Å². The molecule has 0 fully saturated rings. The first-order chi connectivity index (χ1) is 8.74. The molecule has 0 aliphatic rings. The van der Waals surface area contributed by atoms with Crippen molar-refractivity contribution in [2.75, 3.05) is 18.0 Å². The topological polar surface area (TPSA) is 53.1 Å². The first kappa shape index (κ1) is 15.3. The number of alkyl halides is 3. The second-order valence-electron chi connectivity index (χ2n) is 4.47. The van der Waals surface area contributed by atoms with Crippen molar-refractivity contribution in [3.8, 4) is 0 Å². The van der Waals surface area contributed by atoms with E-state index in [1.165, 1.54) is 4.90 Å². The molecule has 0 aliphatic carbocycles. The highest BCUT2D eigenvalue weighted by molar-refractivity contribution is 6.00. The lowest BCUT2D eigenvalue weighted by atomic mass is 10.1. The highest BCUT2D eigenvalue weighted by atomic mass is 19.4. The largest absolute Gasteiger partial charge is 0.405 e. The average molecular weight is 273 g/mol. The fourth-order valence-corrected chi connectivity index (χ4v) is 1.90. The van der Waals surface area contributed by atoms with Crippen LogP contribution in [0.1, 0.15) is 24.5 Å². The highest BCUT2D eigenvalue weighted by Crippen LogP contribution is 2.26. The van der Waals surface area contributed by atoms with Gasteiger partial charge in [-0.25, -0.2) is 0 Å². The van der Waals surface area contributed by atoms with Crippen LogP contribution in [0.4, 0.5) is 18.9 Å². The Bertz CT molecular complexity index is 455. The molecule has 3 nitrogen and oxygen atoms in total. The van der Waals surface area contributed by atoms with Crippen LogP contribution >= 0.6 is 0 Å². The molecule has 0 saturated carbocycles. The summed E-state index contributed by atoms with van der Waals surface area (Å²) in [7, 11) is 0. The molecule has 19 heavy (non-hydrogen) atoms. The summed E-state index contributed by atoms with van der Waals surface area (Å²) in [6, 6.07) is 4.96. The number of aryl methyl sites for hydroxylation is 1. The van der Waals surface area contributed by atoms with Crippen molar-refractivity contribution in [2.45, 2.75) is 26.4 Å². The van der Waals surface area contributed by atoms with Crippen LogP contribution in [0, 0.1) is 12.3 Å². The molecule has 1 rings (SSSR count). The van der Waals surface area contributed by atoms with E-state index in [2.05, 4.69) is 0 Å². The molecule has 0 aromatic heterocycles. The van der Waals surface area contributed by atoms with E-state index in [-0.39, 0.29) is 12.4 Å². The highest BCUT2D eigenvalue weighted by Gasteiger charge is 2.31. The van der Waals surface area contributed by atoms with Gasteiger partial charge in [0.05, 0.1) is 0 Å². The SMILES string of the molecule is CCCN(CC(F)(F)F)c1cc(C)ccc1C(=N)N. The third-order valence-corrected chi connectivity index (χ3v) is 2.65. The van der Waals surface area contributed by atoms with E-state index in [0.717, 1.165) is 5.56 Å². The first-order valence-corrected chi connectivity index (χ1v) is 6.01. The zero-order valence-corrected chi connectivity index (χ0v) is 11.0. The quantitative estimate of drug-likeness (QED) is 0.640. The summed E-state index contributed by atoms with van der Waals surface area (Å²) < 4.78 is 37.9. The van der Waals surface area contributed by atoms with Gasteiger partial charge in [0.15, 0.2) is 0 Å². The summed E-state index contributed by atoms with van der Waals surface area (Å²) in [6.07, 6.45) is -3.70. The zero-order valence-electron chi connectivity index (χ0n) is 11.0. The molecule has 1 aromatic carbocycles. The predicted octanol–water partition coefficient (Wildman–Crippen LogP) is 3.06. The third kappa shape index (κ3) is 4.46. The van der Waals surface area contributed by atoms with Crippen molar-refractivity contribution in [2.24, 2.45) is 5.73 Å². The Kier molecular flexibility index (Phi) is 4.80. The number of halogens is 3. The number of nitrogens with two attached hydrogens (primary N) is 1. The molecule has 3 N–H and O–H groups in total. The molecule has 106 valence electrons. The molecule has 0 unspecified atom stereocenters. The van der Waals surface area contributed by atoms with Crippen molar-refractivity contribution >= 4 is 11.5 Å². The Morgan fingerprint density at radius 3 is 2.47 bits per heavy atom. The minimum atomic E-state index is -4.28. The monoisotopic (exact) mass is 273 g/mol. The normalized spacial score (nSPS) is 11.4. The Morgan fingerprint density at radius 2 is 2.00 bits per heavy atom. The number of nitrogens with one attached hydrogen (secondary N) is 1. The summed E-state index contributed by atoms with van der Waals surface area (Å²) in [4.78, 5) is 1.23. The second kappa shape index (κ2) is 5.95. The summed E-state index contributed by atoms with van der Waals surface area (Å²) in [5, 5.41) is 7.47. The zero-order chi connectivity index (χ0) is 14.6. The van der Waals surface area contributed by atoms with Gasteiger partial charge in [0, 0.05) is 17.8 Å². The molecule has 0 saturated heterocycles. The summed E-state index contributed by atoms with van der Waals surface area (Å²) in [5.41, 5.74) is 6.98. The molecule has 6 heteroatoms. The Hall–Kier alpha value is -1.72. The number of hydrogen-bond acceptors (Lipinski definition) is 2. The summed E-state index contributed by atoms with van der Waals surface area (Å²) in [5.74, 6) is -0.224. The van der Waals surface area contributed by atoms with Crippen LogP contribution in [0.2, 0.25) is 0 Å². The van der Waals surface area contributed by atoms with Crippen LogP contribution in [0.25, 0.3) is 0 Å². The smallest absolute Gasteiger partial charge is 0.384 e. The van der Waals surface area contributed by atoms with Crippen LogP contribution in [0.3, 0.4) is 0 Å². The maximum atomic E-state index is 12.6. The number of nitrogens with zero attached hydrogens (tertiary/aromatic N) is 1. The lowest BCUT2D eigenvalue weighted by molar-refractivity contribution is -0.119. The van der Waals surface area contributed by atoms with Crippen molar-refractivity contribution in [3.05, 3.63) is 29.3 Å². The van der Waals surface area contributed by atoms with E-state index in [1.807, 2.05) is 6.92 Å². The molecule has 0 radical (unpaired) electrons. The lowest BCUT2D eigenvalue weighted by Crippen LogP contribution is -2.36. The Balaban J connectivity index is 3.20. The van der Waals surface area contributed by atoms with Gasteiger partial charge in [-0.2, -0.15) is 13.2 Å². The number of anilines is 1. The maximum Gasteiger partial charge on any atom is 0.405 e. The molecular formula is C13H18F3N3. The van der Waals surface area contributed by atoms with Crippen molar-refractivity contribution in [3.63, 3.8) is 0 Å². The Labute approximate surface area is 110 Å². The van der Waals surface area contributed by atoms with Crippen molar-refractivity contribution in [1.29, 1.82) is 5.41 Å². The standard InChI is InChI=1S/C13H18F3N3/c1-3-6-19(8-13(14,15)16)11-7-9(2)4-5-10(11)12(17)18/h4-5,7H,3,6,8H2,1-2H3,(H3,17,18). The van der Waals surface area contributed by atoms with E-state index in [1.54, 1.807) is 25.1 Å². The van der Waals surface area contributed by atoms with Crippen LogP contribution in [-0.4, -0.2) is 25.1 Å². The first-order valence-electron chi connectivity index (χ1n) is 6.01. The van der Waals surface area contributed by atoms with E-state index in [4.69, 9.17) is 11.1 Å². The second-order valence-corrected chi connectivity index (χ2v) is 4.47. The van der Waals surface area contributed by atoms with E-state index >= 15 is 0 Å². The van der Waals surface area contributed by atoms with Gasteiger partial charge in [-0.05, 0) is 31.0 Å². The van der Waals surface area contributed by atoms with Gasteiger partial charge in [0.2, 0.25) is 0 Å². The predicted molar refractivity (Wildman–Crippen MR) is 70.8 cm³/mol. The van der Waals surface area contributed by atoms with Crippen LogP contribution < -0.4 is 10.6 Å². The number of amidine groups is 1. The number of benzene rings is 1. The van der Waals surface area contributed by atoms with E-state index < -0.39 is 12.7 Å². The molecule has 0 spiro atoms. The third-order valence-electron chi connectivity index (χ3n) is 2.65. The van der Waals surface area contributed by atoms with Gasteiger partial charge < -0.3 is 10.6 Å². The van der Waals surface area contributed by atoms with Gasteiger partial charge in [-0.3, -0.25) is 5.41 Å². The Morgan fingerprint density at radius 1 is 1.37 bits per heavy atom. The van der Waals surface area contributed by atoms with Crippen LogP contribution in [-0.2, 0) is 0 Å². The minimum absolute atomic E-state index is 0.224. The van der Waals surface area contributed by atoms with Gasteiger partial charge >= 0.3 is 6.18 Å². The van der Waals surface area contributed by atoms with Gasteiger partial charge in [0.25, 0.3) is 0 Å². The van der Waals surface area contributed by atoms with Gasteiger partial charge in [-0.1, -0.05) is 13.0 Å². The van der Waals surface area contributed by atoms with Crippen molar-refractivity contribution in [1.82, 2.24) is 0 Å². The number of nitrogen functional groups attached to an aromatic ring is 1. The van der Waals surface area contributed by atoms with Gasteiger partial charge in [-0.15, -0.1) is 0 Å². The van der Waals surface area contributed by atoms with E-state index in [9.17, 15) is 13.2 Å². The molecule has 0 atom stereocenters. The lowest BCUT2D eigenvalue weighted by Gasteiger charge is -2.27. The molecule has 0 bridgehead atoms. The van der Waals surface area contributed by atoms with Crippen LogP contribution in [0.15, 0.2) is 18.2 Å². The number of hydrogen-bond donors (Lipinski definition) is 2. The summed E-state index contributed by atoms with van der Waals surface area (Å²) in [6.45, 7) is 2.84. The minimum Gasteiger partial charge on any atom is -0.384 e. The van der Waals surface area contributed by atoms with E-state index in [0.29, 0.717) is 17.7 Å². The fourth-order valence-electron chi connectivity index (χ4n) is 1.90. The molecule has 0 aliphatic heterocycles. The summed E-state index contributed by atoms with van der Waals surface area (Å²) >= 11 is 0. The van der Waals surface area contributed by atoms with Gasteiger partial charge in [0.1, 0.15) is 12.4 Å². The average Bonchev–Trinajstić information content (AvgIpc) is 2.26. The molecule has 1 aromatic rings. The molecular weight excluding hydrogens is 255 g/mol. The fraction of sp³-hybridized carbons (Fsp3) is 0.462. The van der Waals surface area contributed by atoms with Crippen molar-refractivity contribution < 1.29 is 13.2 Å².